The van der Waals surface area contributed by atoms with E-state index in [1.165, 1.54) is 14.2 Å². The SMILES string of the molecule is COC(=O)C1=C(C)NC(C)=C(C(=O)OC)C1c1ccc(Cl)c(Cl)c1. The summed E-state index contributed by atoms with van der Waals surface area (Å²) in [6.07, 6.45) is 0. The lowest BCUT2D eigenvalue weighted by Crippen LogP contribution is -2.32. The van der Waals surface area contributed by atoms with Crippen molar-refractivity contribution in [2.24, 2.45) is 0 Å². The van der Waals surface area contributed by atoms with E-state index in [4.69, 9.17) is 32.7 Å². The second-order valence-electron chi connectivity index (χ2n) is 5.29. The molecule has 0 saturated carbocycles. The van der Waals surface area contributed by atoms with Crippen molar-refractivity contribution in [2.75, 3.05) is 14.2 Å². The van der Waals surface area contributed by atoms with Gasteiger partial charge in [0.15, 0.2) is 0 Å². The zero-order chi connectivity index (χ0) is 18.0. The monoisotopic (exact) mass is 369 g/mol. The summed E-state index contributed by atoms with van der Waals surface area (Å²) in [6, 6.07) is 4.97. The van der Waals surface area contributed by atoms with Crippen LogP contribution in [0.15, 0.2) is 40.7 Å². The minimum Gasteiger partial charge on any atom is -0.466 e. The number of rotatable bonds is 3. The van der Waals surface area contributed by atoms with Crippen LogP contribution in [0.2, 0.25) is 10.0 Å². The van der Waals surface area contributed by atoms with Gasteiger partial charge in [-0.05, 0) is 31.5 Å². The van der Waals surface area contributed by atoms with Gasteiger partial charge in [0, 0.05) is 11.4 Å². The lowest BCUT2D eigenvalue weighted by molar-refractivity contribution is -0.137. The van der Waals surface area contributed by atoms with Gasteiger partial charge in [-0.25, -0.2) is 9.59 Å². The Balaban J connectivity index is 2.71. The number of benzene rings is 1. The van der Waals surface area contributed by atoms with Gasteiger partial charge in [0.05, 0.1) is 41.3 Å². The molecule has 0 fully saturated rings. The van der Waals surface area contributed by atoms with E-state index in [2.05, 4.69) is 5.32 Å². The molecule has 5 nitrogen and oxygen atoms in total. The molecule has 1 N–H and O–H groups in total. The summed E-state index contributed by atoms with van der Waals surface area (Å²) in [6.45, 7) is 3.49. The summed E-state index contributed by atoms with van der Waals surface area (Å²) in [7, 11) is 2.58. The third kappa shape index (κ3) is 3.28. The fourth-order valence-electron chi connectivity index (χ4n) is 2.78. The molecule has 0 amide bonds. The topological polar surface area (TPSA) is 64.6 Å². The van der Waals surface area contributed by atoms with Crippen LogP contribution in [-0.4, -0.2) is 26.2 Å². The number of allylic oxidation sites excluding steroid dienone is 2. The van der Waals surface area contributed by atoms with Gasteiger partial charge in [0.25, 0.3) is 0 Å². The number of carbonyl (C=O) groups is 2. The molecule has 1 aliphatic rings. The average molecular weight is 370 g/mol. The molecular formula is C17H17Cl2NO4. The smallest absolute Gasteiger partial charge is 0.336 e. The molecule has 0 radical (unpaired) electrons. The van der Waals surface area contributed by atoms with Gasteiger partial charge in [-0.2, -0.15) is 0 Å². The molecule has 0 spiro atoms. The quantitative estimate of drug-likeness (QED) is 0.824. The van der Waals surface area contributed by atoms with Crippen molar-refractivity contribution in [3.8, 4) is 0 Å². The van der Waals surface area contributed by atoms with Crippen molar-refractivity contribution in [1.29, 1.82) is 0 Å². The predicted molar refractivity (Wildman–Crippen MR) is 91.8 cm³/mol. The minimum atomic E-state index is -0.666. The van der Waals surface area contributed by atoms with E-state index in [1.54, 1.807) is 32.0 Å². The van der Waals surface area contributed by atoms with E-state index in [1.807, 2.05) is 0 Å². The first-order valence-corrected chi connectivity index (χ1v) is 7.87. The Bertz CT molecular complexity index is 730. The minimum absolute atomic E-state index is 0.321. The largest absolute Gasteiger partial charge is 0.466 e. The molecule has 0 unspecified atom stereocenters. The zero-order valence-corrected chi connectivity index (χ0v) is 15.2. The van der Waals surface area contributed by atoms with Crippen LogP contribution >= 0.6 is 23.2 Å². The summed E-state index contributed by atoms with van der Waals surface area (Å²) in [5.41, 5.74) is 2.49. The van der Waals surface area contributed by atoms with Gasteiger partial charge in [-0.15, -0.1) is 0 Å². The number of hydrogen-bond acceptors (Lipinski definition) is 5. The fraction of sp³-hybridized carbons (Fsp3) is 0.294. The number of hydrogen-bond donors (Lipinski definition) is 1. The van der Waals surface area contributed by atoms with Crippen molar-refractivity contribution in [3.63, 3.8) is 0 Å². The van der Waals surface area contributed by atoms with Crippen molar-refractivity contribution in [3.05, 3.63) is 56.3 Å². The Morgan fingerprint density at radius 1 is 0.958 bits per heavy atom. The van der Waals surface area contributed by atoms with Crippen LogP contribution in [0.5, 0.6) is 0 Å². The van der Waals surface area contributed by atoms with Crippen LogP contribution in [0.4, 0.5) is 0 Å². The Labute approximate surface area is 150 Å². The molecule has 0 aliphatic carbocycles. The molecule has 1 heterocycles. The van der Waals surface area contributed by atoms with E-state index < -0.39 is 17.9 Å². The maximum atomic E-state index is 12.3. The third-order valence-electron chi connectivity index (χ3n) is 3.85. The summed E-state index contributed by atoms with van der Waals surface area (Å²) in [5.74, 6) is -1.74. The normalized spacial score (nSPS) is 15.2. The van der Waals surface area contributed by atoms with Gasteiger partial charge < -0.3 is 14.8 Å². The van der Waals surface area contributed by atoms with Crippen LogP contribution < -0.4 is 5.32 Å². The second kappa shape index (κ2) is 7.28. The number of halogens is 2. The maximum absolute atomic E-state index is 12.3. The van der Waals surface area contributed by atoms with Gasteiger partial charge in [-0.1, -0.05) is 29.3 Å². The Morgan fingerprint density at radius 3 is 1.88 bits per heavy atom. The summed E-state index contributed by atoms with van der Waals surface area (Å²) in [4.78, 5) is 24.6. The Morgan fingerprint density at radius 2 is 1.46 bits per heavy atom. The van der Waals surface area contributed by atoms with E-state index >= 15 is 0 Å². The lowest BCUT2D eigenvalue weighted by Gasteiger charge is -2.30. The summed E-state index contributed by atoms with van der Waals surface area (Å²) < 4.78 is 9.78. The van der Waals surface area contributed by atoms with E-state index in [0.29, 0.717) is 38.1 Å². The van der Waals surface area contributed by atoms with Gasteiger partial charge in [0.1, 0.15) is 0 Å². The van der Waals surface area contributed by atoms with Crippen molar-refractivity contribution in [2.45, 2.75) is 19.8 Å². The molecule has 1 aromatic carbocycles. The summed E-state index contributed by atoms with van der Waals surface area (Å²) in [5, 5.41) is 3.75. The summed E-state index contributed by atoms with van der Waals surface area (Å²) >= 11 is 12.1. The first kappa shape index (κ1) is 18.4. The van der Waals surface area contributed by atoms with Crippen molar-refractivity contribution < 1.29 is 19.1 Å². The van der Waals surface area contributed by atoms with Crippen LogP contribution in [0.1, 0.15) is 25.3 Å². The number of dihydropyridines is 1. The Hall–Kier alpha value is -1.98. The number of esters is 2. The number of nitrogens with one attached hydrogen (secondary N) is 1. The lowest BCUT2D eigenvalue weighted by atomic mass is 9.80. The molecule has 1 aromatic rings. The van der Waals surface area contributed by atoms with Crippen LogP contribution in [0, 0.1) is 0 Å². The van der Waals surface area contributed by atoms with Gasteiger partial charge in [-0.3, -0.25) is 0 Å². The molecule has 0 saturated heterocycles. The van der Waals surface area contributed by atoms with Gasteiger partial charge >= 0.3 is 11.9 Å². The highest BCUT2D eigenvalue weighted by Gasteiger charge is 2.37. The van der Waals surface area contributed by atoms with Crippen LogP contribution in [0.3, 0.4) is 0 Å². The van der Waals surface area contributed by atoms with E-state index in [0.717, 1.165) is 0 Å². The van der Waals surface area contributed by atoms with Crippen LogP contribution in [0.25, 0.3) is 0 Å². The first-order chi connectivity index (χ1) is 11.3. The molecule has 128 valence electrons. The molecule has 0 aromatic heterocycles. The van der Waals surface area contributed by atoms with Gasteiger partial charge in [0.2, 0.25) is 0 Å². The fourth-order valence-corrected chi connectivity index (χ4v) is 3.09. The number of carbonyl (C=O) groups excluding carboxylic acids is 2. The molecule has 1 aliphatic heterocycles. The second-order valence-corrected chi connectivity index (χ2v) is 6.11. The predicted octanol–water partition coefficient (Wildman–Crippen LogP) is 3.57. The molecule has 0 atom stereocenters. The zero-order valence-electron chi connectivity index (χ0n) is 13.7. The average Bonchev–Trinajstić information content (AvgIpc) is 2.55. The maximum Gasteiger partial charge on any atom is 0.336 e. The molecule has 7 heteroatoms. The first-order valence-electron chi connectivity index (χ1n) is 7.12. The van der Waals surface area contributed by atoms with Crippen LogP contribution in [-0.2, 0) is 19.1 Å². The standard InChI is InChI=1S/C17H17Cl2NO4/c1-8-13(16(21)23-3)15(10-5-6-11(18)12(19)7-10)14(9(2)20-8)17(22)24-4/h5-7,15,20H,1-4H3. The molecular weight excluding hydrogens is 353 g/mol. The van der Waals surface area contributed by atoms with E-state index in [9.17, 15) is 9.59 Å². The molecule has 24 heavy (non-hydrogen) atoms. The highest BCUT2D eigenvalue weighted by Crippen LogP contribution is 2.40. The van der Waals surface area contributed by atoms with Crippen molar-refractivity contribution >= 4 is 35.1 Å². The van der Waals surface area contributed by atoms with Crippen molar-refractivity contribution in [1.82, 2.24) is 5.32 Å². The molecule has 0 bridgehead atoms. The van der Waals surface area contributed by atoms with E-state index in [-0.39, 0.29) is 0 Å². The highest BCUT2D eigenvalue weighted by atomic mass is 35.5. The number of ether oxygens (including phenoxy) is 2. The third-order valence-corrected chi connectivity index (χ3v) is 4.59. The highest BCUT2D eigenvalue weighted by molar-refractivity contribution is 6.42. The Kier molecular flexibility index (Phi) is 5.57. The molecule has 2 rings (SSSR count). The number of methoxy groups -OCH3 is 2.